The van der Waals surface area contributed by atoms with E-state index in [1.807, 2.05) is 0 Å². The average Bonchev–Trinajstić information content (AvgIpc) is 2.10. The number of allylic oxidation sites excluding steroid dienone is 1. The van der Waals surface area contributed by atoms with E-state index in [0.717, 1.165) is 0 Å². The molecule has 7 N–H and O–H groups in total. The summed E-state index contributed by atoms with van der Waals surface area (Å²) in [6.45, 7) is 1.69. The molecule has 0 fully saturated rings. The van der Waals surface area contributed by atoms with Gasteiger partial charge >= 0.3 is 41.0 Å². The van der Waals surface area contributed by atoms with Gasteiger partial charge in [-0.25, -0.2) is 0 Å². The van der Waals surface area contributed by atoms with Gasteiger partial charge in [-0.2, -0.15) is 8.42 Å². The van der Waals surface area contributed by atoms with E-state index < -0.39 is 32.3 Å². The number of hydrogen-bond donors (Lipinski definition) is 7. The fourth-order valence-corrected chi connectivity index (χ4v) is 0.653. The minimum absolute atomic E-state index is 0. The van der Waals surface area contributed by atoms with Crippen LogP contribution in [0.4, 0.5) is 12.9 Å². The van der Waals surface area contributed by atoms with Crippen LogP contribution in [0.5, 0.6) is 0 Å². The third kappa shape index (κ3) is 260. The molecule has 0 rings (SSSR count). The van der Waals surface area contributed by atoms with E-state index in [-0.39, 0.29) is 26.0 Å². The third-order valence-electron chi connectivity index (χ3n) is 0.543. The molecule has 0 aromatic carbocycles. The Hall–Kier alpha value is -0.00779. The maximum absolute atomic E-state index is 10.1. The summed E-state index contributed by atoms with van der Waals surface area (Å²) in [6.07, 6.45) is 2.93. The van der Waals surface area contributed by atoms with Crippen molar-refractivity contribution in [2.45, 2.75) is 6.92 Å². The molecule has 9 nitrogen and oxygen atoms in total. The van der Waals surface area contributed by atoms with Crippen molar-refractivity contribution >= 4 is 32.3 Å². The second-order valence-corrected chi connectivity index (χ2v) is 3.75. The molecule has 0 spiro atoms. The van der Waals surface area contributed by atoms with Gasteiger partial charge < -0.3 is 31.6 Å². The smallest absolute Gasteiger partial charge is 1.00 e. The molecule has 0 amide bonds. The zero-order chi connectivity index (χ0) is 17.4. The van der Waals surface area contributed by atoms with Crippen molar-refractivity contribution in [3.05, 3.63) is 12.2 Å². The number of rotatable bonds is 2. The minimum atomic E-state index is -3.77. The van der Waals surface area contributed by atoms with Gasteiger partial charge in [0, 0.05) is 0 Å². The zero-order valence-electron chi connectivity index (χ0n) is 12.1. The van der Waals surface area contributed by atoms with E-state index in [0.29, 0.717) is 0 Å². The van der Waals surface area contributed by atoms with Gasteiger partial charge in [0.1, 0.15) is 0 Å². The van der Waals surface area contributed by atoms with Gasteiger partial charge in [0.25, 0.3) is 10.1 Å². The Morgan fingerprint density at radius 1 is 0.952 bits per heavy atom. The summed E-state index contributed by atoms with van der Waals surface area (Å²) in [4.78, 5) is 0. The second-order valence-electron chi connectivity index (χ2n) is 2.25. The van der Waals surface area contributed by atoms with Crippen molar-refractivity contribution < 1.29 is 76.3 Å². The third-order valence-corrected chi connectivity index (χ3v) is 1.16. The van der Waals surface area contributed by atoms with Crippen molar-refractivity contribution in [1.82, 2.24) is 0 Å². The van der Waals surface area contributed by atoms with E-state index in [1.54, 1.807) is 13.0 Å². The van der Waals surface area contributed by atoms with Crippen LogP contribution in [0, 0.1) is 0 Å². The molecule has 122 valence electrons. The molecule has 0 radical (unpaired) electrons. The van der Waals surface area contributed by atoms with E-state index in [4.69, 9.17) is 34.7 Å². The fraction of sp³-hybridized carbons (Fsp3) is 0.500. The van der Waals surface area contributed by atoms with Crippen LogP contribution in [0.3, 0.4) is 0 Å². The normalized spacial score (nSPS) is 8.71. The van der Waals surface area contributed by atoms with E-state index in [9.17, 15) is 21.4 Å². The van der Waals surface area contributed by atoms with Crippen LogP contribution in [-0.4, -0.2) is 71.1 Å². The Labute approximate surface area is 134 Å². The monoisotopic (exact) mass is 336 g/mol. The van der Waals surface area contributed by atoms with Crippen LogP contribution >= 0.6 is 0 Å². The Kier molecular flexibility index (Phi) is 34.8. The first-order chi connectivity index (χ1) is 8.76. The summed E-state index contributed by atoms with van der Waals surface area (Å²) < 4.78 is 58.2. The summed E-state index contributed by atoms with van der Waals surface area (Å²) in [6, 6.07) is 0. The summed E-state index contributed by atoms with van der Waals surface area (Å²) in [5.74, 6) is -0.288. The largest absolute Gasteiger partial charge is 1.00 e. The van der Waals surface area contributed by atoms with Crippen molar-refractivity contribution in [3.8, 4) is 0 Å². The molecule has 0 aliphatic heterocycles. The zero-order valence-corrected chi connectivity index (χ0v) is 11.9. The molecule has 17 heteroatoms. The van der Waals surface area contributed by atoms with Crippen LogP contribution in [0.2, 0.25) is 0 Å². The number of hydrogen-bond acceptors (Lipinski definition) is 8. The van der Waals surface area contributed by atoms with Crippen molar-refractivity contribution in [2.24, 2.45) is 0 Å². The molecule has 0 bridgehead atoms. The Balaban J connectivity index is -0.0000000400. The van der Waals surface area contributed by atoms with Gasteiger partial charge in [0.15, 0.2) is 0 Å². The quantitative estimate of drug-likeness (QED) is 0.147. The summed E-state index contributed by atoms with van der Waals surface area (Å²) in [7, 11) is -11.8. The van der Waals surface area contributed by atoms with Gasteiger partial charge in [-0.05, 0) is 6.92 Å². The van der Waals surface area contributed by atoms with Gasteiger partial charge in [0.05, 0.1) is 5.75 Å². The Bertz CT molecular complexity index is 288. The Morgan fingerprint density at radius 2 is 1.14 bits per heavy atom. The maximum atomic E-state index is 10.1. The second kappa shape index (κ2) is 22.3. The summed E-state index contributed by atoms with van der Waals surface area (Å²) in [5, 5.41) is 41.7. The average molecular weight is 336 g/mol. The summed E-state index contributed by atoms with van der Waals surface area (Å²) in [5.41, 5.74) is 0. The van der Waals surface area contributed by atoms with E-state index >= 15 is 0 Å². The molecule has 0 atom stereocenters. The molecular formula is C4H15B3F3LiO9S. The molecular weight excluding hydrogens is 320 g/mol. The van der Waals surface area contributed by atoms with E-state index in [2.05, 4.69) is 0 Å². The standard InChI is InChI=1S/C4H8O3S.3BFH2O2.Li.H/c1-2-3-4-8(5,6)7;3*2-1(3)4;;/h2-3H,4H2,1H3,(H,5,6,7);3*3-4H;;/q;;;;+1;-1/b3-2+;;;;;. The minimum Gasteiger partial charge on any atom is -1.00 e. The maximum Gasteiger partial charge on any atom is 1.00 e. The summed E-state index contributed by atoms with van der Waals surface area (Å²) >= 11 is 0. The molecule has 0 aromatic rings. The van der Waals surface area contributed by atoms with Gasteiger partial charge in [-0.15, -0.1) is 0 Å². The van der Waals surface area contributed by atoms with Gasteiger partial charge in [-0.3, -0.25) is 17.5 Å². The van der Waals surface area contributed by atoms with Crippen LogP contribution in [-0.2, 0) is 10.1 Å². The molecule has 0 aliphatic rings. The SMILES string of the molecule is C/C=C/CS(=O)(=O)O.OB(O)F.OB(O)F.OB(O)F.[H-].[Li+]. The molecule has 0 aliphatic carbocycles. The van der Waals surface area contributed by atoms with Crippen molar-refractivity contribution in [2.75, 3.05) is 5.75 Å². The first kappa shape index (κ1) is 32.8. The van der Waals surface area contributed by atoms with Crippen molar-refractivity contribution in [3.63, 3.8) is 0 Å². The van der Waals surface area contributed by atoms with Crippen LogP contribution in [0.15, 0.2) is 12.2 Å². The van der Waals surface area contributed by atoms with Crippen LogP contribution < -0.4 is 18.9 Å². The Morgan fingerprint density at radius 3 is 1.19 bits per heavy atom. The fourth-order valence-electron chi connectivity index (χ4n) is 0.218. The van der Waals surface area contributed by atoms with Crippen LogP contribution in [0.1, 0.15) is 8.35 Å². The molecule has 0 saturated carbocycles. The number of halogens is 3. The molecule has 21 heavy (non-hydrogen) atoms. The molecule has 0 saturated heterocycles. The first-order valence-electron chi connectivity index (χ1n) is 4.33. The van der Waals surface area contributed by atoms with Crippen molar-refractivity contribution in [1.29, 1.82) is 0 Å². The van der Waals surface area contributed by atoms with E-state index in [1.165, 1.54) is 6.08 Å². The van der Waals surface area contributed by atoms with Gasteiger partial charge in [0.2, 0.25) is 0 Å². The predicted octanol–water partition coefficient (Wildman–Crippen LogP) is -5.66. The topological polar surface area (TPSA) is 176 Å². The van der Waals surface area contributed by atoms with Gasteiger partial charge in [-0.1, -0.05) is 12.2 Å². The molecule has 0 unspecified atom stereocenters. The molecule has 0 aromatic heterocycles. The molecule has 0 heterocycles. The van der Waals surface area contributed by atoms with Crippen LogP contribution in [0.25, 0.3) is 0 Å². The predicted molar refractivity (Wildman–Crippen MR) is 66.2 cm³/mol. The first-order valence-corrected chi connectivity index (χ1v) is 5.94.